The van der Waals surface area contributed by atoms with Crippen molar-refractivity contribution in [3.05, 3.63) is 5.21 Å². The van der Waals surface area contributed by atoms with Crippen molar-refractivity contribution >= 4 is 0 Å². The van der Waals surface area contributed by atoms with Crippen molar-refractivity contribution in [3.8, 4) is 0 Å². The third-order valence-electron chi connectivity index (χ3n) is 3.73. The lowest BCUT2D eigenvalue weighted by Crippen LogP contribution is -2.45. The van der Waals surface area contributed by atoms with E-state index in [1.807, 2.05) is 5.48 Å². The minimum absolute atomic E-state index is 0.257. The summed E-state index contributed by atoms with van der Waals surface area (Å²) in [5.74, 6) is 0. The van der Waals surface area contributed by atoms with Gasteiger partial charge in [0.15, 0.2) is 0 Å². The second kappa shape index (κ2) is 4.48. The molecule has 0 radical (unpaired) electrons. The quantitative estimate of drug-likeness (QED) is 0.446. The molecule has 0 bridgehead atoms. The second-order valence-corrected chi connectivity index (χ2v) is 6.39. The maximum absolute atomic E-state index is 10.6. The highest BCUT2D eigenvalue weighted by atomic mass is 16.7. The predicted octanol–water partition coefficient (Wildman–Crippen LogP) is 1.68. The predicted molar refractivity (Wildman–Crippen MR) is 64.9 cm³/mol. The maximum atomic E-state index is 10.6. The summed E-state index contributed by atoms with van der Waals surface area (Å²) in [6.45, 7) is 7.90. The summed E-state index contributed by atoms with van der Waals surface area (Å²) in [6, 6.07) is 0.263. The molecule has 2 rings (SSSR count). The molecule has 0 aromatic rings. The fourth-order valence-electron chi connectivity index (χ4n) is 2.45. The van der Waals surface area contributed by atoms with Crippen molar-refractivity contribution in [2.75, 3.05) is 0 Å². The number of hydrogen-bond acceptors (Lipinski definition) is 5. The molecule has 100 valence electrons. The summed E-state index contributed by atoms with van der Waals surface area (Å²) < 4.78 is 5.69. The van der Waals surface area contributed by atoms with Crippen LogP contribution < -0.4 is 11.0 Å². The largest absolute Gasteiger partial charge is 0.786 e. The highest BCUT2D eigenvalue weighted by Gasteiger charge is 2.52. The fraction of sp³-hybridized carbons (Fsp3) is 1.00. The van der Waals surface area contributed by atoms with Crippen molar-refractivity contribution in [3.63, 3.8) is 0 Å². The van der Waals surface area contributed by atoms with Crippen LogP contribution in [0.1, 0.15) is 47.0 Å². The number of epoxide rings is 1. The first kappa shape index (κ1) is 13.2. The van der Waals surface area contributed by atoms with Gasteiger partial charge in [0.2, 0.25) is 0 Å². The first-order valence-corrected chi connectivity index (χ1v) is 6.32. The Kier molecular flexibility index (Phi) is 3.49. The monoisotopic (exact) mass is 243 g/mol. The van der Waals surface area contributed by atoms with E-state index < -0.39 is 5.72 Å². The van der Waals surface area contributed by atoms with E-state index >= 15 is 0 Å². The number of nitrogens with one attached hydrogen (secondary N) is 2. The summed E-state index contributed by atoms with van der Waals surface area (Å²) >= 11 is 0. The van der Waals surface area contributed by atoms with Gasteiger partial charge in [-0.15, -0.1) is 0 Å². The van der Waals surface area contributed by atoms with E-state index in [1.165, 1.54) is 0 Å². The normalized spacial score (nSPS) is 36.2. The summed E-state index contributed by atoms with van der Waals surface area (Å²) in [7, 11) is 0. The standard InChI is InChI=1S/C12H23N2O3/c1-11(2)6-5-8(7-9-10(11)16-9)13-17-12(3,4)14-15/h8-10,13-14H,5-7H2,1-4H3/q-1. The minimum atomic E-state index is -0.883. The molecule has 1 aliphatic carbocycles. The van der Waals surface area contributed by atoms with E-state index in [9.17, 15) is 5.21 Å². The molecule has 3 unspecified atom stereocenters. The van der Waals surface area contributed by atoms with E-state index in [2.05, 4.69) is 19.3 Å². The Bertz CT molecular complexity index is 281. The van der Waals surface area contributed by atoms with Crippen molar-refractivity contribution < 1.29 is 9.57 Å². The molecule has 0 spiro atoms. The van der Waals surface area contributed by atoms with Crippen molar-refractivity contribution in [1.82, 2.24) is 11.0 Å². The lowest BCUT2D eigenvalue weighted by molar-refractivity contribution is -0.114. The van der Waals surface area contributed by atoms with E-state index in [4.69, 9.17) is 9.57 Å². The van der Waals surface area contributed by atoms with Crippen LogP contribution in [0.25, 0.3) is 0 Å². The average Bonchev–Trinajstić information content (AvgIpc) is 3.02. The second-order valence-electron chi connectivity index (χ2n) is 6.39. The molecule has 17 heavy (non-hydrogen) atoms. The zero-order chi connectivity index (χ0) is 12.7. The van der Waals surface area contributed by atoms with Gasteiger partial charge in [0.05, 0.1) is 12.2 Å². The van der Waals surface area contributed by atoms with Crippen LogP contribution >= 0.6 is 0 Å². The van der Waals surface area contributed by atoms with Crippen LogP contribution in [0.5, 0.6) is 0 Å². The Morgan fingerprint density at radius 3 is 2.76 bits per heavy atom. The molecule has 1 aliphatic heterocycles. The smallest absolute Gasteiger partial charge is 0.123 e. The third-order valence-corrected chi connectivity index (χ3v) is 3.73. The molecule has 2 fully saturated rings. The number of hydroxylamine groups is 2. The molecule has 3 atom stereocenters. The fourth-order valence-corrected chi connectivity index (χ4v) is 2.45. The number of fused-ring (bicyclic) bond motifs is 1. The molecule has 5 nitrogen and oxygen atoms in total. The molecule has 1 saturated carbocycles. The molecular formula is C12H23N2O3-. The van der Waals surface area contributed by atoms with Crippen molar-refractivity contribution in [1.29, 1.82) is 0 Å². The average molecular weight is 243 g/mol. The number of rotatable bonds is 4. The molecule has 2 N–H and O–H groups in total. The molecule has 0 amide bonds. The van der Waals surface area contributed by atoms with Gasteiger partial charge in [-0.2, -0.15) is 5.48 Å². The van der Waals surface area contributed by atoms with E-state index in [0.717, 1.165) is 19.3 Å². The summed E-state index contributed by atoms with van der Waals surface area (Å²) in [5, 5.41) is 10.6. The topological polar surface area (TPSA) is 68.9 Å². The summed E-state index contributed by atoms with van der Waals surface area (Å²) in [5.41, 5.74) is 4.25. The Balaban J connectivity index is 1.83. The summed E-state index contributed by atoms with van der Waals surface area (Å²) in [4.78, 5) is 5.38. The van der Waals surface area contributed by atoms with Crippen LogP contribution in [0, 0.1) is 10.6 Å². The van der Waals surface area contributed by atoms with Gasteiger partial charge in [-0.1, -0.05) is 13.8 Å². The molecule has 1 heterocycles. The highest BCUT2D eigenvalue weighted by Crippen LogP contribution is 2.46. The van der Waals surface area contributed by atoms with Gasteiger partial charge in [0.25, 0.3) is 0 Å². The summed E-state index contributed by atoms with van der Waals surface area (Å²) in [6.07, 6.45) is 3.89. The van der Waals surface area contributed by atoms with Gasteiger partial charge in [0, 0.05) is 6.04 Å². The first-order chi connectivity index (χ1) is 7.84. The van der Waals surface area contributed by atoms with Gasteiger partial charge in [-0.25, -0.2) is 0 Å². The van der Waals surface area contributed by atoms with E-state index in [-0.39, 0.29) is 11.5 Å². The Morgan fingerprint density at radius 2 is 2.12 bits per heavy atom. The van der Waals surface area contributed by atoms with Crippen molar-refractivity contribution in [2.24, 2.45) is 5.41 Å². The van der Waals surface area contributed by atoms with Crippen LogP contribution in [-0.2, 0) is 9.57 Å². The van der Waals surface area contributed by atoms with Crippen molar-refractivity contribution in [2.45, 2.75) is 70.9 Å². The van der Waals surface area contributed by atoms with Crippen LogP contribution in [0.15, 0.2) is 0 Å². The molecule has 0 aromatic heterocycles. The van der Waals surface area contributed by atoms with E-state index in [1.54, 1.807) is 13.8 Å². The van der Waals surface area contributed by atoms with Gasteiger partial charge >= 0.3 is 0 Å². The Hall–Kier alpha value is -0.200. The van der Waals surface area contributed by atoms with Gasteiger partial charge in [-0.05, 0) is 38.5 Å². The number of ether oxygens (including phenoxy) is 1. The lowest BCUT2D eigenvalue weighted by atomic mass is 9.84. The SMILES string of the molecule is CC(C)(N[O-])ONC1CCC(C)(C)C2OC2C1. The highest BCUT2D eigenvalue weighted by molar-refractivity contribution is 5.00. The molecule has 2 aliphatic rings. The van der Waals surface area contributed by atoms with Gasteiger partial charge in [-0.3, -0.25) is 4.84 Å². The lowest BCUT2D eigenvalue weighted by Gasteiger charge is -2.32. The van der Waals surface area contributed by atoms with E-state index in [0.29, 0.717) is 12.2 Å². The zero-order valence-corrected chi connectivity index (χ0v) is 11.1. The molecule has 1 saturated heterocycles. The maximum Gasteiger partial charge on any atom is 0.123 e. The van der Waals surface area contributed by atoms with Crippen LogP contribution in [-0.4, -0.2) is 24.0 Å². The minimum Gasteiger partial charge on any atom is -0.786 e. The zero-order valence-electron chi connectivity index (χ0n) is 11.1. The van der Waals surface area contributed by atoms with Crippen LogP contribution in [0.2, 0.25) is 0 Å². The molecule has 0 aromatic carbocycles. The Labute approximate surface area is 103 Å². The molecule has 5 heteroatoms. The van der Waals surface area contributed by atoms with Gasteiger partial charge in [0.1, 0.15) is 5.72 Å². The van der Waals surface area contributed by atoms with Crippen LogP contribution in [0.3, 0.4) is 0 Å². The first-order valence-electron chi connectivity index (χ1n) is 6.32. The number of hydrogen-bond donors (Lipinski definition) is 2. The Morgan fingerprint density at radius 1 is 1.41 bits per heavy atom. The molecular weight excluding hydrogens is 220 g/mol. The van der Waals surface area contributed by atoms with Gasteiger partial charge < -0.3 is 15.4 Å². The third kappa shape index (κ3) is 3.17. The van der Waals surface area contributed by atoms with Crippen LogP contribution in [0.4, 0.5) is 0 Å².